The summed E-state index contributed by atoms with van der Waals surface area (Å²) in [5.41, 5.74) is 1.51. The molecule has 1 aromatic carbocycles. The number of piperidine rings is 1. The number of ether oxygens (including phenoxy) is 1. The molecule has 2 aliphatic heterocycles. The minimum absolute atomic E-state index is 0.146. The van der Waals surface area contributed by atoms with Gasteiger partial charge >= 0.3 is 0 Å². The molecule has 2 heterocycles. The fourth-order valence-electron chi connectivity index (χ4n) is 4.26. The highest BCUT2D eigenvalue weighted by Gasteiger charge is 2.39. The van der Waals surface area contributed by atoms with Gasteiger partial charge in [0.2, 0.25) is 11.8 Å². The van der Waals surface area contributed by atoms with Crippen molar-refractivity contribution >= 4 is 17.7 Å². The maximum atomic E-state index is 12.7. The average molecular weight is 356 g/mol. The molecule has 1 saturated heterocycles. The van der Waals surface area contributed by atoms with E-state index < -0.39 is 6.04 Å². The van der Waals surface area contributed by atoms with E-state index in [1.807, 2.05) is 12.1 Å². The Kier molecular flexibility index (Phi) is 4.42. The van der Waals surface area contributed by atoms with Crippen LogP contribution in [0.1, 0.15) is 61.4 Å². The van der Waals surface area contributed by atoms with Crippen molar-refractivity contribution in [2.45, 2.75) is 64.1 Å². The fraction of sp³-hybridized carbons (Fsp3) is 0.550. The predicted octanol–water partition coefficient (Wildman–Crippen LogP) is 2.41. The van der Waals surface area contributed by atoms with Gasteiger partial charge in [0.1, 0.15) is 17.9 Å². The van der Waals surface area contributed by atoms with Crippen LogP contribution in [0.25, 0.3) is 0 Å². The Hall–Kier alpha value is -2.37. The summed E-state index contributed by atoms with van der Waals surface area (Å²) in [5, 5.41) is 2.33. The van der Waals surface area contributed by atoms with Gasteiger partial charge < -0.3 is 9.64 Å². The lowest BCUT2D eigenvalue weighted by Gasteiger charge is -2.29. The number of nitrogens with one attached hydrogen (secondary N) is 1. The van der Waals surface area contributed by atoms with Gasteiger partial charge in [-0.2, -0.15) is 0 Å². The van der Waals surface area contributed by atoms with Crippen molar-refractivity contribution in [2.75, 3.05) is 0 Å². The average Bonchev–Trinajstić information content (AvgIpc) is 2.93. The Morgan fingerprint density at radius 3 is 2.69 bits per heavy atom. The van der Waals surface area contributed by atoms with Crippen molar-refractivity contribution < 1.29 is 19.1 Å². The molecule has 26 heavy (non-hydrogen) atoms. The molecule has 6 nitrogen and oxygen atoms in total. The third kappa shape index (κ3) is 3.08. The first kappa shape index (κ1) is 17.1. The molecule has 1 saturated carbocycles. The lowest BCUT2D eigenvalue weighted by molar-refractivity contribution is -0.136. The molecule has 2 fully saturated rings. The van der Waals surface area contributed by atoms with Gasteiger partial charge in [0, 0.05) is 18.5 Å². The van der Waals surface area contributed by atoms with Crippen LogP contribution < -0.4 is 10.1 Å². The van der Waals surface area contributed by atoms with Crippen LogP contribution in [0.5, 0.6) is 5.75 Å². The minimum atomic E-state index is -0.574. The molecule has 6 heteroatoms. The maximum absolute atomic E-state index is 12.7. The van der Waals surface area contributed by atoms with E-state index in [4.69, 9.17) is 4.74 Å². The van der Waals surface area contributed by atoms with E-state index in [1.54, 1.807) is 11.0 Å². The Balaban J connectivity index is 1.49. The second-order valence-electron chi connectivity index (χ2n) is 7.64. The van der Waals surface area contributed by atoms with Gasteiger partial charge in [0.15, 0.2) is 0 Å². The summed E-state index contributed by atoms with van der Waals surface area (Å²) in [6, 6.07) is 5.01. The van der Waals surface area contributed by atoms with Gasteiger partial charge in [-0.05, 0) is 55.4 Å². The molecular formula is C20H24N2O4. The standard InChI is InChI=1S/C20H24N2O4/c1-12-4-2-3-5-17(12)26-14-6-7-15-13(10-14)11-22(20(15)25)16-8-9-18(23)21-19(16)24/h6-7,10,12,16-17H,2-5,8-9,11H2,1H3,(H,21,23,24)/t12-,16?,17-/m0/s1. The summed E-state index contributed by atoms with van der Waals surface area (Å²) >= 11 is 0. The molecule has 1 N–H and O–H groups in total. The van der Waals surface area contributed by atoms with Gasteiger partial charge in [-0.15, -0.1) is 0 Å². The Morgan fingerprint density at radius 1 is 1.12 bits per heavy atom. The summed E-state index contributed by atoms with van der Waals surface area (Å²) in [4.78, 5) is 37.7. The number of imide groups is 1. The Labute approximate surface area is 152 Å². The molecule has 0 bridgehead atoms. The molecular weight excluding hydrogens is 332 g/mol. The number of benzene rings is 1. The molecule has 3 aliphatic rings. The van der Waals surface area contributed by atoms with Gasteiger partial charge in [0.05, 0.1) is 0 Å². The van der Waals surface area contributed by atoms with E-state index in [2.05, 4.69) is 12.2 Å². The Bertz CT molecular complexity index is 760. The quantitative estimate of drug-likeness (QED) is 0.844. The number of fused-ring (bicyclic) bond motifs is 1. The molecule has 1 unspecified atom stereocenters. The van der Waals surface area contributed by atoms with Crippen molar-refractivity contribution in [1.82, 2.24) is 10.2 Å². The summed E-state index contributed by atoms with van der Waals surface area (Å²) < 4.78 is 6.19. The number of rotatable bonds is 3. The largest absolute Gasteiger partial charge is 0.490 e. The predicted molar refractivity (Wildman–Crippen MR) is 94.5 cm³/mol. The van der Waals surface area contributed by atoms with Crippen molar-refractivity contribution in [3.05, 3.63) is 29.3 Å². The lowest BCUT2D eigenvalue weighted by Crippen LogP contribution is -2.52. The molecule has 1 aromatic rings. The van der Waals surface area contributed by atoms with Crippen LogP contribution >= 0.6 is 0 Å². The molecule has 0 spiro atoms. The van der Waals surface area contributed by atoms with Crippen molar-refractivity contribution in [3.8, 4) is 5.75 Å². The third-order valence-electron chi connectivity index (χ3n) is 5.82. The van der Waals surface area contributed by atoms with E-state index in [1.165, 1.54) is 19.3 Å². The number of hydrogen-bond donors (Lipinski definition) is 1. The first-order chi connectivity index (χ1) is 12.5. The zero-order valence-electron chi connectivity index (χ0n) is 15.0. The molecule has 3 amide bonds. The van der Waals surface area contributed by atoms with Gasteiger partial charge in [-0.1, -0.05) is 13.3 Å². The molecule has 138 valence electrons. The highest BCUT2D eigenvalue weighted by atomic mass is 16.5. The normalized spacial score (nSPS) is 28.7. The van der Waals surface area contributed by atoms with Gasteiger partial charge in [-0.3, -0.25) is 19.7 Å². The van der Waals surface area contributed by atoms with Crippen molar-refractivity contribution in [2.24, 2.45) is 5.92 Å². The van der Waals surface area contributed by atoms with E-state index >= 15 is 0 Å². The number of nitrogens with zero attached hydrogens (tertiary/aromatic N) is 1. The molecule has 1 aliphatic carbocycles. The number of carbonyl (C=O) groups is 3. The van der Waals surface area contributed by atoms with E-state index in [-0.39, 0.29) is 30.2 Å². The second-order valence-corrected chi connectivity index (χ2v) is 7.64. The monoisotopic (exact) mass is 356 g/mol. The summed E-state index contributed by atoms with van der Waals surface area (Å²) in [6.45, 7) is 2.61. The third-order valence-corrected chi connectivity index (χ3v) is 5.82. The van der Waals surface area contributed by atoms with Gasteiger partial charge in [0.25, 0.3) is 5.91 Å². The highest BCUT2D eigenvalue weighted by Crippen LogP contribution is 2.32. The van der Waals surface area contributed by atoms with Crippen LogP contribution in [0.15, 0.2) is 18.2 Å². The van der Waals surface area contributed by atoms with Crippen LogP contribution in [-0.4, -0.2) is 34.8 Å². The Morgan fingerprint density at radius 2 is 1.92 bits per heavy atom. The van der Waals surface area contributed by atoms with Gasteiger partial charge in [-0.25, -0.2) is 0 Å². The lowest BCUT2D eigenvalue weighted by atomic mass is 9.88. The van der Waals surface area contributed by atoms with E-state index in [9.17, 15) is 14.4 Å². The van der Waals surface area contributed by atoms with E-state index in [0.717, 1.165) is 17.7 Å². The number of hydrogen-bond acceptors (Lipinski definition) is 4. The molecule has 3 atom stereocenters. The first-order valence-corrected chi connectivity index (χ1v) is 9.47. The van der Waals surface area contributed by atoms with Crippen molar-refractivity contribution in [1.29, 1.82) is 0 Å². The fourth-order valence-corrected chi connectivity index (χ4v) is 4.26. The second kappa shape index (κ2) is 6.74. The summed E-state index contributed by atoms with van der Waals surface area (Å²) in [6.07, 6.45) is 5.60. The molecule has 0 aromatic heterocycles. The smallest absolute Gasteiger partial charge is 0.255 e. The summed E-state index contributed by atoms with van der Waals surface area (Å²) in [7, 11) is 0. The van der Waals surface area contributed by atoms with Crippen LogP contribution in [0, 0.1) is 5.92 Å². The van der Waals surface area contributed by atoms with Crippen LogP contribution in [0.3, 0.4) is 0 Å². The summed E-state index contributed by atoms with van der Waals surface area (Å²) in [5.74, 6) is 0.536. The minimum Gasteiger partial charge on any atom is -0.490 e. The number of amides is 3. The zero-order chi connectivity index (χ0) is 18.3. The van der Waals surface area contributed by atoms with E-state index in [0.29, 0.717) is 24.4 Å². The molecule has 0 radical (unpaired) electrons. The van der Waals surface area contributed by atoms with Crippen LogP contribution in [0.2, 0.25) is 0 Å². The topological polar surface area (TPSA) is 75.7 Å². The zero-order valence-corrected chi connectivity index (χ0v) is 15.0. The maximum Gasteiger partial charge on any atom is 0.255 e. The van der Waals surface area contributed by atoms with Crippen molar-refractivity contribution in [3.63, 3.8) is 0 Å². The number of carbonyl (C=O) groups excluding carboxylic acids is 3. The highest BCUT2D eigenvalue weighted by molar-refractivity contribution is 6.05. The van der Waals surface area contributed by atoms with Crippen LogP contribution in [0.4, 0.5) is 0 Å². The SMILES string of the molecule is C[C@H]1CCCC[C@@H]1Oc1ccc2c(c1)CN(C1CCC(=O)NC1=O)C2=O. The first-order valence-electron chi connectivity index (χ1n) is 9.47. The van der Waals surface area contributed by atoms with Crippen LogP contribution in [-0.2, 0) is 16.1 Å². The molecule has 4 rings (SSSR count).